The van der Waals surface area contributed by atoms with Gasteiger partial charge in [-0.15, -0.1) is 0 Å². The predicted octanol–water partition coefficient (Wildman–Crippen LogP) is 0.528. The summed E-state index contributed by atoms with van der Waals surface area (Å²) in [6.45, 7) is 9.84. The molecule has 4 rings (SSSR count). The van der Waals surface area contributed by atoms with E-state index in [0.717, 1.165) is 33.9 Å². The zero-order valence-electron chi connectivity index (χ0n) is 24.3. The highest BCUT2D eigenvalue weighted by Gasteiger charge is 2.32. The molecule has 2 aliphatic heterocycles. The number of nitrogens with zero attached hydrogens (tertiary/aromatic N) is 6. The van der Waals surface area contributed by atoms with Crippen molar-refractivity contribution < 1.29 is 24.1 Å². The second-order valence-corrected chi connectivity index (χ2v) is 10.7. The van der Waals surface area contributed by atoms with E-state index < -0.39 is 11.7 Å². The number of aryl methyl sites for hydroxylation is 1. The molecule has 0 bridgehead atoms. The van der Waals surface area contributed by atoms with Crippen molar-refractivity contribution in [2.45, 2.75) is 39.2 Å². The van der Waals surface area contributed by atoms with Gasteiger partial charge in [-0.3, -0.25) is 15.0 Å². The third-order valence-electron chi connectivity index (χ3n) is 7.70. The minimum absolute atomic E-state index is 0.0514. The summed E-state index contributed by atoms with van der Waals surface area (Å²) in [5.74, 6) is -0.965. The van der Waals surface area contributed by atoms with Gasteiger partial charge in [-0.1, -0.05) is 12.6 Å². The van der Waals surface area contributed by atoms with Gasteiger partial charge in [-0.25, -0.2) is 4.39 Å². The number of amides is 2. The third kappa shape index (κ3) is 6.41. The van der Waals surface area contributed by atoms with Gasteiger partial charge < -0.3 is 30.1 Å². The number of nitrogen functional groups attached to an aromatic ring is 1. The van der Waals surface area contributed by atoms with E-state index >= 15 is 0 Å². The van der Waals surface area contributed by atoms with E-state index in [1.807, 2.05) is 26.0 Å². The molecule has 4 N–H and O–H groups in total. The summed E-state index contributed by atoms with van der Waals surface area (Å²) in [5, 5.41) is 5.98. The summed E-state index contributed by atoms with van der Waals surface area (Å²) >= 11 is 0. The first-order chi connectivity index (χ1) is 19.5. The van der Waals surface area contributed by atoms with E-state index in [1.54, 1.807) is 20.3 Å². The topological polar surface area (TPSA) is 134 Å². The van der Waals surface area contributed by atoms with Crippen LogP contribution in [0.25, 0.3) is 0 Å². The van der Waals surface area contributed by atoms with Gasteiger partial charge in [-0.2, -0.15) is 9.97 Å². The quantitative estimate of drug-likeness (QED) is 0.268. The fourth-order valence-electron chi connectivity index (χ4n) is 5.49. The van der Waals surface area contributed by atoms with E-state index in [1.165, 1.54) is 9.80 Å². The van der Waals surface area contributed by atoms with Gasteiger partial charge >= 0.3 is 6.01 Å². The number of anilines is 3. The summed E-state index contributed by atoms with van der Waals surface area (Å²) in [7, 11) is 3.40. The monoisotopic (exact) mass is 567 g/mol. The third-order valence-corrected chi connectivity index (χ3v) is 7.70. The van der Waals surface area contributed by atoms with Crippen molar-refractivity contribution in [2.75, 3.05) is 69.0 Å². The molecule has 1 aromatic carbocycles. The van der Waals surface area contributed by atoms with E-state index in [-0.39, 0.29) is 31.0 Å². The lowest BCUT2D eigenvalue weighted by Gasteiger charge is -2.41. The average Bonchev–Trinajstić information content (AvgIpc) is 3.15. The molecule has 2 aromatic rings. The molecule has 3 heterocycles. The van der Waals surface area contributed by atoms with Crippen molar-refractivity contribution in [1.29, 1.82) is 0 Å². The highest BCUT2D eigenvalue weighted by atomic mass is 19.1. The van der Waals surface area contributed by atoms with E-state index in [0.29, 0.717) is 51.3 Å². The van der Waals surface area contributed by atoms with Gasteiger partial charge in [0.2, 0.25) is 5.91 Å². The molecular formula is C29H40FN8O3+. The smallest absolute Gasteiger partial charge is 0.318 e. The molecule has 41 heavy (non-hydrogen) atoms. The molecular weight excluding hydrogens is 527 g/mol. The van der Waals surface area contributed by atoms with Crippen molar-refractivity contribution >= 4 is 35.2 Å². The molecule has 0 unspecified atom stereocenters. The van der Waals surface area contributed by atoms with E-state index in [2.05, 4.69) is 16.4 Å². The van der Waals surface area contributed by atoms with Crippen molar-refractivity contribution in [1.82, 2.24) is 19.8 Å². The van der Waals surface area contributed by atoms with Crippen molar-refractivity contribution in [3.8, 4) is 6.01 Å². The predicted molar refractivity (Wildman–Crippen MR) is 157 cm³/mol. The lowest BCUT2D eigenvalue weighted by molar-refractivity contribution is -0.130. The molecule has 0 aliphatic carbocycles. The average molecular weight is 568 g/mol. The lowest BCUT2D eigenvalue weighted by Crippen LogP contribution is -2.54. The molecule has 1 fully saturated rings. The zero-order chi connectivity index (χ0) is 29.8. The van der Waals surface area contributed by atoms with Crippen LogP contribution in [0.1, 0.15) is 35.7 Å². The molecule has 1 saturated heterocycles. The number of fused-ring (bicyclic) bond motifs is 1. The van der Waals surface area contributed by atoms with Gasteiger partial charge in [0, 0.05) is 70.5 Å². The molecule has 2 amide bonds. The summed E-state index contributed by atoms with van der Waals surface area (Å²) in [6, 6.07) is 3.93. The Bertz CT molecular complexity index is 1350. The number of carbonyl (C=O) groups is 2. The maximum Gasteiger partial charge on any atom is 0.318 e. The Hall–Kier alpha value is -4.22. The van der Waals surface area contributed by atoms with Gasteiger partial charge in [-0.05, 0) is 31.9 Å². The van der Waals surface area contributed by atoms with Crippen molar-refractivity contribution in [2.24, 2.45) is 0 Å². The molecule has 12 heteroatoms. The molecule has 0 saturated carbocycles. The Balaban J connectivity index is 1.66. The van der Waals surface area contributed by atoms with E-state index in [9.17, 15) is 14.0 Å². The van der Waals surface area contributed by atoms with Crippen LogP contribution in [0.3, 0.4) is 0 Å². The standard InChI is InChI=1S/C29H39FN8O3/c1-18-6-7-23(32)22(16-31)26(18)36-11-8-21-24(9-12-36)33-29(41-15-10-25(39)35(4)5)34-27(21)38-14-13-37(17-19(38)2)28(40)20(3)30/h6-7,16,19,31H,3,8-15,17,32H2,1-2,4-5H3/p+1/t19-/m0/s1. The Morgan fingerprint density at radius 3 is 2.61 bits per heavy atom. The second kappa shape index (κ2) is 12.5. The molecule has 11 nitrogen and oxygen atoms in total. The highest BCUT2D eigenvalue weighted by Crippen LogP contribution is 2.34. The molecule has 2 aliphatic rings. The van der Waals surface area contributed by atoms with Gasteiger partial charge in [0.05, 0.1) is 23.4 Å². The fraction of sp³-hybridized carbons (Fsp3) is 0.483. The number of ether oxygens (including phenoxy) is 1. The first kappa shape index (κ1) is 29.8. The highest BCUT2D eigenvalue weighted by molar-refractivity contribution is 5.93. The first-order valence-electron chi connectivity index (χ1n) is 13.8. The normalized spacial score (nSPS) is 17.0. The molecule has 0 radical (unpaired) electrons. The number of nitrogens with two attached hydrogens (primary N) is 2. The van der Waals surface area contributed by atoms with Crippen LogP contribution in [-0.4, -0.2) is 97.3 Å². The number of piperazine rings is 1. The molecule has 220 valence electrons. The Labute approximate surface area is 240 Å². The number of rotatable bonds is 8. The maximum absolute atomic E-state index is 13.6. The van der Waals surface area contributed by atoms with Crippen LogP contribution in [-0.2, 0) is 22.4 Å². The Morgan fingerprint density at radius 1 is 1.22 bits per heavy atom. The molecule has 1 aromatic heterocycles. The van der Waals surface area contributed by atoms with Gasteiger partial charge in [0.25, 0.3) is 5.91 Å². The molecule has 0 spiro atoms. The fourth-order valence-corrected chi connectivity index (χ4v) is 5.49. The molecule has 1 atom stereocenters. The lowest BCUT2D eigenvalue weighted by atomic mass is 10.0. The largest absolute Gasteiger partial charge is 0.463 e. The van der Waals surface area contributed by atoms with Crippen LogP contribution in [0.5, 0.6) is 6.01 Å². The Morgan fingerprint density at radius 2 is 1.95 bits per heavy atom. The van der Waals surface area contributed by atoms with Crippen LogP contribution in [0.4, 0.5) is 21.6 Å². The number of aromatic nitrogens is 2. The van der Waals surface area contributed by atoms with Gasteiger partial charge in [0.15, 0.2) is 12.0 Å². The maximum atomic E-state index is 13.6. The van der Waals surface area contributed by atoms with Crippen molar-refractivity contribution in [3.63, 3.8) is 0 Å². The van der Waals surface area contributed by atoms with Gasteiger partial charge in [0.1, 0.15) is 12.4 Å². The van der Waals surface area contributed by atoms with Crippen LogP contribution >= 0.6 is 0 Å². The number of benzene rings is 1. The summed E-state index contributed by atoms with van der Waals surface area (Å²) < 4.78 is 19.5. The number of halogens is 1. The summed E-state index contributed by atoms with van der Waals surface area (Å²) in [6.07, 6.45) is 3.05. The minimum atomic E-state index is -0.962. The van der Waals surface area contributed by atoms with Crippen LogP contribution < -0.4 is 25.7 Å². The van der Waals surface area contributed by atoms with Crippen LogP contribution in [0.15, 0.2) is 24.5 Å². The number of hydrogen-bond donors (Lipinski definition) is 2. The van der Waals surface area contributed by atoms with Crippen molar-refractivity contribution in [3.05, 3.63) is 46.9 Å². The first-order valence-corrected chi connectivity index (χ1v) is 13.8. The SMILES string of the molecule is C=C(F)C(=O)N1CCN(c2nc(OCCC(=O)N(C)C)nc3c2CCN(c2c(C)ccc(N)c2C=[NH2+])CC3)[C@@H](C)C1. The zero-order valence-corrected chi connectivity index (χ0v) is 24.3. The number of hydrogen-bond acceptors (Lipinski definition) is 8. The number of carbonyl (C=O) groups excluding carboxylic acids is 2. The van der Waals surface area contributed by atoms with Crippen LogP contribution in [0, 0.1) is 6.92 Å². The minimum Gasteiger partial charge on any atom is -0.463 e. The second-order valence-electron chi connectivity index (χ2n) is 10.7. The summed E-state index contributed by atoms with van der Waals surface area (Å²) in [4.78, 5) is 41.3. The van der Waals surface area contributed by atoms with Crippen LogP contribution in [0.2, 0.25) is 0 Å². The summed E-state index contributed by atoms with van der Waals surface area (Å²) in [5.41, 5.74) is 11.6. The van der Waals surface area contributed by atoms with E-state index in [4.69, 9.17) is 25.8 Å². The Kier molecular flexibility index (Phi) is 9.09.